The van der Waals surface area contributed by atoms with Crippen molar-refractivity contribution in [3.63, 3.8) is 0 Å². The van der Waals surface area contributed by atoms with Gasteiger partial charge in [-0.15, -0.1) is 0 Å². The number of benzene rings is 2. The zero-order valence-electron chi connectivity index (χ0n) is 13.5. The summed E-state index contributed by atoms with van der Waals surface area (Å²) in [5.74, 6) is -0.152. The van der Waals surface area contributed by atoms with Gasteiger partial charge < -0.3 is 15.5 Å². The second-order valence-electron chi connectivity index (χ2n) is 6.34. The molecule has 0 unspecified atom stereocenters. The highest BCUT2D eigenvalue weighted by Crippen LogP contribution is 2.37. The van der Waals surface area contributed by atoms with E-state index in [2.05, 4.69) is 15.5 Å². The first-order valence-corrected chi connectivity index (χ1v) is 8.22. The maximum atomic E-state index is 12.5. The zero-order valence-corrected chi connectivity index (χ0v) is 13.5. The predicted octanol–water partition coefficient (Wildman–Crippen LogP) is 3.17. The highest BCUT2D eigenvalue weighted by molar-refractivity contribution is 6.09. The van der Waals surface area contributed by atoms with Gasteiger partial charge in [-0.25, -0.2) is 0 Å². The van der Waals surface area contributed by atoms with Crippen LogP contribution in [0.4, 0.5) is 17.1 Å². The third-order valence-corrected chi connectivity index (χ3v) is 4.77. The molecule has 2 aliphatic rings. The van der Waals surface area contributed by atoms with Crippen LogP contribution in [0.25, 0.3) is 0 Å². The predicted molar refractivity (Wildman–Crippen MR) is 94.6 cm³/mol. The number of carbonyl (C=O) groups excluding carboxylic acids is 2. The lowest BCUT2D eigenvalue weighted by Gasteiger charge is -2.33. The third-order valence-electron chi connectivity index (χ3n) is 4.77. The number of rotatable bonds is 2. The van der Waals surface area contributed by atoms with Crippen LogP contribution < -0.4 is 15.5 Å². The fourth-order valence-electron chi connectivity index (χ4n) is 3.48. The van der Waals surface area contributed by atoms with E-state index in [9.17, 15) is 9.59 Å². The lowest BCUT2D eigenvalue weighted by Crippen LogP contribution is -2.43. The minimum atomic E-state index is -0.176. The Balaban J connectivity index is 1.62. The van der Waals surface area contributed by atoms with Crippen molar-refractivity contribution >= 4 is 28.9 Å². The van der Waals surface area contributed by atoms with Gasteiger partial charge in [-0.05, 0) is 49.6 Å². The van der Waals surface area contributed by atoms with Gasteiger partial charge >= 0.3 is 0 Å². The van der Waals surface area contributed by atoms with E-state index in [1.807, 2.05) is 43.3 Å². The average Bonchev–Trinajstić information content (AvgIpc) is 3.07. The second kappa shape index (κ2) is 5.67. The molecule has 0 aromatic heterocycles. The Labute approximate surface area is 140 Å². The first kappa shape index (κ1) is 14.8. The van der Waals surface area contributed by atoms with E-state index in [-0.39, 0.29) is 17.9 Å². The van der Waals surface area contributed by atoms with Gasteiger partial charge in [-0.2, -0.15) is 0 Å². The van der Waals surface area contributed by atoms with Crippen molar-refractivity contribution in [3.05, 3.63) is 53.6 Å². The van der Waals surface area contributed by atoms with E-state index in [0.29, 0.717) is 5.56 Å². The lowest BCUT2D eigenvalue weighted by molar-refractivity contribution is -0.117. The molecule has 1 atom stereocenters. The Morgan fingerprint density at radius 1 is 1.25 bits per heavy atom. The topological polar surface area (TPSA) is 61.4 Å². The fraction of sp³-hybridized carbons (Fsp3) is 0.263. The van der Waals surface area contributed by atoms with E-state index in [1.165, 1.54) is 0 Å². The number of hydrogen-bond acceptors (Lipinski definition) is 3. The number of para-hydroxylation sites is 1. The van der Waals surface area contributed by atoms with Crippen LogP contribution in [0.15, 0.2) is 42.5 Å². The molecule has 4 rings (SSSR count). The maximum Gasteiger partial charge on any atom is 0.255 e. The summed E-state index contributed by atoms with van der Waals surface area (Å²) in [6, 6.07) is 13.1. The van der Waals surface area contributed by atoms with Crippen LogP contribution in [-0.2, 0) is 4.79 Å². The molecule has 24 heavy (non-hydrogen) atoms. The third kappa shape index (κ3) is 2.42. The van der Waals surface area contributed by atoms with E-state index in [1.54, 1.807) is 6.07 Å². The molecule has 0 bridgehead atoms. The Hall–Kier alpha value is -2.82. The molecular formula is C19H19N3O2. The van der Waals surface area contributed by atoms with Gasteiger partial charge in [-0.1, -0.05) is 18.2 Å². The standard InChI is InChI=1S/C19H19N3O2/c1-12-5-2-3-6-14(12)20-18(23)13-8-9-16-15(11-13)21-19(24)17-7-4-10-22(16)17/h2-3,5-6,8-9,11,17H,4,7,10H2,1H3,(H,20,23)(H,21,24)/t17-/m0/s1. The first-order chi connectivity index (χ1) is 11.6. The van der Waals surface area contributed by atoms with Crippen molar-refractivity contribution in [2.45, 2.75) is 25.8 Å². The van der Waals surface area contributed by atoms with Gasteiger partial charge in [0.2, 0.25) is 5.91 Å². The van der Waals surface area contributed by atoms with Crippen LogP contribution in [0.5, 0.6) is 0 Å². The summed E-state index contributed by atoms with van der Waals surface area (Å²) in [6.45, 7) is 2.84. The van der Waals surface area contributed by atoms with Crippen molar-refractivity contribution in [1.82, 2.24) is 0 Å². The van der Waals surface area contributed by atoms with Gasteiger partial charge in [-0.3, -0.25) is 9.59 Å². The number of hydrogen-bond donors (Lipinski definition) is 2. The number of nitrogens with one attached hydrogen (secondary N) is 2. The SMILES string of the molecule is Cc1ccccc1NC(=O)c1ccc2c(c1)NC(=O)[C@@H]1CCCN21. The lowest BCUT2D eigenvalue weighted by atomic mass is 10.1. The summed E-state index contributed by atoms with van der Waals surface area (Å²) < 4.78 is 0. The number of fused-ring (bicyclic) bond motifs is 3. The second-order valence-corrected chi connectivity index (χ2v) is 6.34. The normalized spacial score (nSPS) is 18.6. The molecule has 122 valence electrons. The number of aryl methyl sites for hydroxylation is 1. The monoisotopic (exact) mass is 321 g/mol. The molecule has 2 amide bonds. The minimum absolute atomic E-state index is 0.0245. The molecule has 2 heterocycles. The number of nitrogens with zero attached hydrogens (tertiary/aromatic N) is 1. The molecular weight excluding hydrogens is 302 g/mol. The summed E-state index contributed by atoms with van der Waals surface area (Å²) in [4.78, 5) is 26.9. The molecule has 1 saturated heterocycles. The van der Waals surface area contributed by atoms with Crippen molar-refractivity contribution in [3.8, 4) is 0 Å². The van der Waals surface area contributed by atoms with E-state index < -0.39 is 0 Å². The van der Waals surface area contributed by atoms with Crippen LogP contribution in [0.2, 0.25) is 0 Å². The van der Waals surface area contributed by atoms with E-state index >= 15 is 0 Å². The van der Waals surface area contributed by atoms with Crippen LogP contribution >= 0.6 is 0 Å². The number of amides is 2. The van der Waals surface area contributed by atoms with E-state index in [0.717, 1.165) is 42.0 Å². The number of carbonyl (C=O) groups is 2. The summed E-state index contributed by atoms with van der Waals surface area (Å²) in [7, 11) is 0. The quantitative estimate of drug-likeness (QED) is 0.893. The molecule has 0 saturated carbocycles. The van der Waals surface area contributed by atoms with Crippen LogP contribution in [0.1, 0.15) is 28.8 Å². The molecule has 2 aromatic rings. The molecule has 2 aromatic carbocycles. The zero-order chi connectivity index (χ0) is 16.7. The van der Waals surface area contributed by atoms with Gasteiger partial charge in [0.15, 0.2) is 0 Å². The van der Waals surface area contributed by atoms with Gasteiger partial charge in [0.25, 0.3) is 5.91 Å². The minimum Gasteiger partial charge on any atom is -0.358 e. The Bertz CT molecular complexity index is 831. The first-order valence-electron chi connectivity index (χ1n) is 8.22. The molecule has 5 nitrogen and oxygen atoms in total. The smallest absolute Gasteiger partial charge is 0.255 e. The summed E-state index contributed by atoms with van der Waals surface area (Å²) in [5, 5.41) is 5.87. The highest BCUT2D eigenvalue weighted by Gasteiger charge is 2.36. The maximum absolute atomic E-state index is 12.5. The van der Waals surface area contributed by atoms with Crippen molar-refractivity contribution < 1.29 is 9.59 Å². The summed E-state index contributed by atoms with van der Waals surface area (Å²) in [6.07, 6.45) is 1.91. The average molecular weight is 321 g/mol. The Morgan fingerprint density at radius 2 is 2.08 bits per heavy atom. The molecule has 0 spiro atoms. The van der Waals surface area contributed by atoms with Crippen molar-refractivity contribution in [1.29, 1.82) is 0 Å². The molecule has 5 heteroatoms. The Kier molecular flexibility index (Phi) is 3.49. The highest BCUT2D eigenvalue weighted by atomic mass is 16.2. The van der Waals surface area contributed by atoms with Gasteiger partial charge in [0.05, 0.1) is 11.4 Å². The molecule has 0 aliphatic carbocycles. The van der Waals surface area contributed by atoms with E-state index in [4.69, 9.17) is 0 Å². The van der Waals surface area contributed by atoms with Crippen molar-refractivity contribution in [2.24, 2.45) is 0 Å². The fourth-order valence-corrected chi connectivity index (χ4v) is 3.48. The Morgan fingerprint density at radius 3 is 2.92 bits per heavy atom. The van der Waals surface area contributed by atoms with Gasteiger partial charge in [0, 0.05) is 17.8 Å². The molecule has 0 radical (unpaired) electrons. The number of anilines is 3. The van der Waals surface area contributed by atoms with Gasteiger partial charge in [0.1, 0.15) is 6.04 Å². The summed E-state index contributed by atoms with van der Waals surface area (Å²) >= 11 is 0. The molecule has 2 N–H and O–H groups in total. The van der Waals surface area contributed by atoms with Crippen molar-refractivity contribution in [2.75, 3.05) is 22.1 Å². The molecule has 2 aliphatic heterocycles. The van der Waals surface area contributed by atoms with Crippen LogP contribution in [0.3, 0.4) is 0 Å². The van der Waals surface area contributed by atoms with Crippen LogP contribution in [-0.4, -0.2) is 24.4 Å². The summed E-state index contributed by atoms with van der Waals surface area (Å²) in [5.41, 5.74) is 4.07. The van der Waals surface area contributed by atoms with Crippen LogP contribution in [0, 0.1) is 6.92 Å². The molecule has 1 fully saturated rings. The largest absolute Gasteiger partial charge is 0.358 e.